The van der Waals surface area contributed by atoms with Crippen molar-refractivity contribution in [3.05, 3.63) is 36.0 Å². The van der Waals surface area contributed by atoms with Gasteiger partial charge in [-0.25, -0.2) is 4.98 Å². The van der Waals surface area contributed by atoms with Gasteiger partial charge in [0.15, 0.2) is 6.29 Å². The third-order valence-electron chi connectivity index (χ3n) is 2.26. The van der Waals surface area contributed by atoms with Crippen molar-refractivity contribution in [1.82, 2.24) is 9.38 Å². The molecule has 0 N–H and O–H groups in total. The first kappa shape index (κ1) is 6.60. The van der Waals surface area contributed by atoms with Crippen molar-refractivity contribution in [3.8, 4) is 0 Å². The summed E-state index contributed by atoms with van der Waals surface area (Å²) in [6, 6.07) is 9.73. The SMILES string of the molecule is O=Cc1nc2ccc3cccc1n32. The summed E-state index contributed by atoms with van der Waals surface area (Å²) in [5.74, 6) is 0. The first-order valence-corrected chi connectivity index (χ1v) is 4.05. The van der Waals surface area contributed by atoms with Gasteiger partial charge in [-0.3, -0.25) is 9.20 Å². The average Bonchev–Trinajstić information content (AvgIpc) is 2.72. The van der Waals surface area contributed by atoms with Crippen molar-refractivity contribution in [3.63, 3.8) is 0 Å². The molecular weight excluding hydrogens is 164 g/mol. The van der Waals surface area contributed by atoms with Gasteiger partial charge in [-0.05, 0) is 24.3 Å². The molecule has 0 amide bonds. The molecule has 3 aromatic heterocycles. The van der Waals surface area contributed by atoms with Crippen molar-refractivity contribution >= 4 is 23.0 Å². The maximum absolute atomic E-state index is 10.7. The van der Waals surface area contributed by atoms with E-state index in [2.05, 4.69) is 4.98 Å². The first-order chi connectivity index (χ1) is 6.40. The third kappa shape index (κ3) is 0.685. The second kappa shape index (κ2) is 2.07. The predicted molar refractivity (Wildman–Crippen MR) is 49.3 cm³/mol. The minimum Gasteiger partial charge on any atom is -0.296 e. The van der Waals surface area contributed by atoms with Crippen molar-refractivity contribution in [2.75, 3.05) is 0 Å². The molecular formula is C10H6N2O. The molecule has 0 aliphatic rings. The van der Waals surface area contributed by atoms with Gasteiger partial charge in [0, 0.05) is 5.52 Å². The van der Waals surface area contributed by atoms with Gasteiger partial charge in [0.05, 0.1) is 5.52 Å². The molecule has 0 aromatic carbocycles. The summed E-state index contributed by atoms with van der Waals surface area (Å²) in [6.07, 6.45) is 0.793. The minimum atomic E-state index is 0.515. The maximum Gasteiger partial charge on any atom is 0.170 e. The van der Waals surface area contributed by atoms with E-state index in [-0.39, 0.29) is 0 Å². The molecule has 0 saturated carbocycles. The number of nitrogens with zero attached hydrogens (tertiary/aromatic N) is 2. The molecule has 0 spiro atoms. The molecule has 0 aliphatic carbocycles. The lowest BCUT2D eigenvalue weighted by molar-refractivity contribution is 0.112. The van der Waals surface area contributed by atoms with E-state index >= 15 is 0 Å². The quantitative estimate of drug-likeness (QED) is 0.521. The van der Waals surface area contributed by atoms with Crippen molar-refractivity contribution in [2.45, 2.75) is 0 Å². The summed E-state index contributed by atoms with van der Waals surface area (Å²) in [7, 11) is 0. The standard InChI is InChI=1S/C10H6N2O/c13-6-8-9-3-1-2-7-4-5-10(11-8)12(7)9/h1-6H. The minimum absolute atomic E-state index is 0.515. The molecule has 13 heavy (non-hydrogen) atoms. The second-order valence-electron chi connectivity index (χ2n) is 2.98. The van der Waals surface area contributed by atoms with E-state index in [0.717, 1.165) is 23.0 Å². The van der Waals surface area contributed by atoms with Crippen molar-refractivity contribution < 1.29 is 4.79 Å². The molecule has 3 heterocycles. The van der Waals surface area contributed by atoms with E-state index in [4.69, 9.17) is 0 Å². The monoisotopic (exact) mass is 170 g/mol. The van der Waals surface area contributed by atoms with Crippen LogP contribution in [-0.4, -0.2) is 15.7 Å². The van der Waals surface area contributed by atoms with Crippen LogP contribution in [0.5, 0.6) is 0 Å². The molecule has 3 aromatic rings. The van der Waals surface area contributed by atoms with Gasteiger partial charge in [0.2, 0.25) is 0 Å². The van der Waals surface area contributed by atoms with Crippen molar-refractivity contribution in [2.24, 2.45) is 0 Å². The topological polar surface area (TPSA) is 34.4 Å². The summed E-state index contributed by atoms with van der Waals surface area (Å²) in [6.45, 7) is 0. The molecule has 0 aliphatic heterocycles. The van der Waals surface area contributed by atoms with E-state index in [9.17, 15) is 4.79 Å². The highest BCUT2D eigenvalue weighted by Crippen LogP contribution is 2.19. The fourth-order valence-corrected chi connectivity index (χ4v) is 1.70. The molecule has 0 saturated heterocycles. The van der Waals surface area contributed by atoms with Crippen LogP contribution in [0, 0.1) is 0 Å². The lowest BCUT2D eigenvalue weighted by atomic mass is 10.3. The summed E-state index contributed by atoms with van der Waals surface area (Å²) in [5.41, 5.74) is 3.31. The van der Waals surface area contributed by atoms with Crippen LogP contribution >= 0.6 is 0 Å². The summed E-state index contributed by atoms with van der Waals surface area (Å²) in [4.78, 5) is 14.9. The van der Waals surface area contributed by atoms with Crippen LogP contribution in [0.2, 0.25) is 0 Å². The molecule has 0 radical (unpaired) electrons. The molecule has 3 rings (SSSR count). The van der Waals surface area contributed by atoms with Gasteiger partial charge < -0.3 is 0 Å². The van der Waals surface area contributed by atoms with Gasteiger partial charge in [-0.2, -0.15) is 0 Å². The highest BCUT2D eigenvalue weighted by molar-refractivity contribution is 5.88. The maximum atomic E-state index is 10.7. The van der Waals surface area contributed by atoms with Crippen LogP contribution < -0.4 is 0 Å². The Bertz CT molecular complexity index is 577. The normalized spacial score (nSPS) is 11.4. The highest BCUT2D eigenvalue weighted by atomic mass is 16.1. The number of hydrogen-bond donors (Lipinski definition) is 0. The average molecular weight is 170 g/mol. The van der Waals surface area contributed by atoms with E-state index in [1.165, 1.54) is 0 Å². The number of carbonyl (C=O) groups is 1. The van der Waals surface area contributed by atoms with Crippen LogP contribution in [0.3, 0.4) is 0 Å². The van der Waals surface area contributed by atoms with Gasteiger partial charge in [0.25, 0.3) is 0 Å². The smallest absolute Gasteiger partial charge is 0.170 e. The van der Waals surface area contributed by atoms with Crippen LogP contribution in [-0.2, 0) is 0 Å². The van der Waals surface area contributed by atoms with E-state index in [0.29, 0.717) is 5.69 Å². The Morgan fingerprint density at radius 1 is 1.23 bits per heavy atom. The Balaban J connectivity index is 2.68. The Morgan fingerprint density at radius 2 is 2.15 bits per heavy atom. The predicted octanol–water partition coefficient (Wildman–Crippen LogP) is 1.74. The molecule has 0 atom stereocenters. The Labute approximate surface area is 74.0 Å². The molecule has 0 unspecified atom stereocenters. The first-order valence-electron chi connectivity index (χ1n) is 4.05. The summed E-state index contributed by atoms with van der Waals surface area (Å²) >= 11 is 0. The molecule has 62 valence electrons. The van der Waals surface area contributed by atoms with Gasteiger partial charge in [-0.1, -0.05) is 6.07 Å². The summed E-state index contributed by atoms with van der Waals surface area (Å²) < 4.78 is 1.98. The second-order valence-corrected chi connectivity index (χ2v) is 2.98. The number of hydrogen-bond acceptors (Lipinski definition) is 2. The van der Waals surface area contributed by atoms with Crippen LogP contribution in [0.1, 0.15) is 10.5 Å². The fourth-order valence-electron chi connectivity index (χ4n) is 1.70. The van der Waals surface area contributed by atoms with Crippen LogP contribution in [0.25, 0.3) is 16.7 Å². The zero-order chi connectivity index (χ0) is 8.84. The number of imidazole rings is 1. The lowest BCUT2D eigenvalue weighted by Crippen LogP contribution is -1.83. The zero-order valence-corrected chi connectivity index (χ0v) is 6.77. The number of carbonyl (C=O) groups excluding carboxylic acids is 1. The molecule has 0 bridgehead atoms. The zero-order valence-electron chi connectivity index (χ0n) is 6.77. The molecule has 3 nitrogen and oxygen atoms in total. The molecule has 0 fully saturated rings. The van der Waals surface area contributed by atoms with E-state index in [1.54, 1.807) is 0 Å². The Kier molecular flexibility index (Phi) is 1.05. The van der Waals surface area contributed by atoms with Gasteiger partial charge >= 0.3 is 0 Å². The largest absolute Gasteiger partial charge is 0.296 e. The highest BCUT2D eigenvalue weighted by Gasteiger charge is 2.08. The van der Waals surface area contributed by atoms with Crippen LogP contribution in [0.4, 0.5) is 0 Å². The van der Waals surface area contributed by atoms with Crippen LogP contribution in [0.15, 0.2) is 30.3 Å². The number of aromatic nitrogens is 2. The van der Waals surface area contributed by atoms with Gasteiger partial charge in [-0.15, -0.1) is 0 Å². The number of pyridine rings is 1. The van der Waals surface area contributed by atoms with Gasteiger partial charge in [0.1, 0.15) is 11.3 Å². The number of rotatable bonds is 1. The van der Waals surface area contributed by atoms with Crippen molar-refractivity contribution in [1.29, 1.82) is 0 Å². The third-order valence-corrected chi connectivity index (χ3v) is 2.26. The molecule has 3 heteroatoms. The Morgan fingerprint density at radius 3 is 3.00 bits per heavy atom. The van der Waals surface area contributed by atoms with E-state index < -0.39 is 0 Å². The van der Waals surface area contributed by atoms with E-state index in [1.807, 2.05) is 34.7 Å². The fraction of sp³-hybridized carbons (Fsp3) is 0. The lowest BCUT2D eigenvalue weighted by Gasteiger charge is -1.92. The summed E-state index contributed by atoms with van der Waals surface area (Å²) in [5, 5.41) is 0. The Hall–Kier alpha value is -1.90. The number of aldehydes is 1.